The molecule has 0 aliphatic rings. The second-order valence-corrected chi connectivity index (χ2v) is 5.01. The number of rotatable bonds is 7. The topological polar surface area (TPSA) is 61.6 Å². The molecule has 0 aliphatic carbocycles. The standard InChI is InChI=1S/C14H16N4S/c15-7-3-1-4-8-16-10-12-11-19-14(18-12)13-6-2-5-9-17-13/h2,5-6,9,11,16H,1,3-4,8,10H2. The Hall–Kier alpha value is -1.77. The van der Waals surface area contributed by atoms with E-state index in [0.29, 0.717) is 6.42 Å². The zero-order valence-electron chi connectivity index (χ0n) is 10.7. The molecule has 0 spiro atoms. The summed E-state index contributed by atoms with van der Waals surface area (Å²) in [5, 5.41) is 14.8. The number of nitrogens with one attached hydrogen (secondary N) is 1. The highest BCUT2D eigenvalue weighted by Crippen LogP contribution is 2.21. The molecule has 1 N–H and O–H groups in total. The number of hydrogen-bond donors (Lipinski definition) is 1. The maximum Gasteiger partial charge on any atom is 0.142 e. The van der Waals surface area contributed by atoms with Gasteiger partial charge in [-0.25, -0.2) is 4.98 Å². The van der Waals surface area contributed by atoms with Crippen LogP contribution in [-0.2, 0) is 6.54 Å². The minimum atomic E-state index is 0.641. The van der Waals surface area contributed by atoms with Crippen molar-refractivity contribution in [3.8, 4) is 16.8 Å². The van der Waals surface area contributed by atoms with Gasteiger partial charge in [-0.15, -0.1) is 11.3 Å². The number of aromatic nitrogens is 2. The van der Waals surface area contributed by atoms with Gasteiger partial charge in [0.1, 0.15) is 5.01 Å². The first-order valence-electron chi connectivity index (χ1n) is 6.33. The summed E-state index contributed by atoms with van der Waals surface area (Å²) in [6.07, 6.45) is 4.41. The lowest BCUT2D eigenvalue weighted by Crippen LogP contribution is -2.14. The van der Waals surface area contributed by atoms with Crippen LogP contribution in [0.25, 0.3) is 10.7 Å². The van der Waals surface area contributed by atoms with Crippen molar-refractivity contribution in [2.24, 2.45) is 0 Å². The molecule has 19 heavy (non-hydrogen) atoms. The Morgan fingerprint density at radius 1 is 1.32 bits per heavy atom. The zero-order chi connectivity index (χ0) is 13.3. The number of nitrogens with zero attached hydrogens (tertiary/aromatic N) is 3. The summed E-state index contributed by atoms with van der Waals surface area (Å²) in [6.45, 7) is 1.70. The van der Waals surface area contributed by atoms with Gasteiger partial charge in [0.2, 0.25) is 0 Å². The minimum Gasteiger partial charge on any atom is -0.311 e. The van der Waals surface area contributed by atoms with Gasteiger partial charge in [0, 0.05) is 24.5 Å². The average Bonchev–Trinajstić information content (AvgIpc) is 2.92. The molecule has 2 heterocycles. The number of hydrogen-bond acceptors (Lipinski definition) is 5. The molecule has 0 saturated carbocycles. The molecule has 0 aliphatic heterocycles. The van der Waals surface area contributed by atoms with E-state index in [1.807, 2.05) is 18.2 Å². The Kier molecular flexibility index (Phi) is 5.48. The van der Waals surface area contributed by atoms with Crippen LogP contribution in [0.3, 0.4) is 0 Å². The Bertz CT molecular complexity index is 530. The van der Waals surface area contributed by atoms with E-state index in [0.717, 1.165) is 42.3 Å². The molecule has 0 bridgehead atoms. The van der Waals surface area contributed by atoms with Crippen LogP contribution in [0.4, 0.5) is 0 Å². The second kappa shape index (κ2) is 7.62. The molecule has 2 aromatic rings. The van der Waals surface area contributed by atoms with Crippen LogP contribution in [0.5, 0.6) is 0 Å². The van der Waals surface area contributed by atoms with E-state index in [-0.39, 0.29) is 0 Å². The predicted octanol–water partition coefficient (Wildman–Crippen LogP) is 2.99. The molecule has 0 atom stereocenters. The van der Waals surface area contributed by atoms with Crippen LogP contribution in [0.1, 0.15) is 25.0 Å². The third kappa shape index (κ3) is 4.43. The lowest BCUT2D eigenvalue weighted by Gasteiger charge is -2.00. The van der Waals surface area contributed by atoms with Crippen LogP contribution < -0.4 is 5.32 Å². The Morgan fingerprint density at radius 3 is 3.05 bits per heavy atom. The van der Waals surface area contributed by atoms with E-state index in [2.05, 4.69) is 26.7 Å². The molecule has 0 radical (unpaired) electrons. The summed E-state index contributed by atoms with van der Waals surface area (Å²) in [4.78, 5) is 8.85. The molecule has 0 aromatic carbocycles. The summed E-state index contributed by atoms with van der Waals surface area (Å²) in [5.74, 6) is 0. The Balaban J connectivity index is 1.77. The smallest absolute Gasteiger partial charge is 0.142 e. The van der Waals surface area contributed by atoms with Gasteiger partial charge in [-0.2, -0.15) is 5.26 Å². The third-order valence-corrected chi connectivity index (χ3v) is 3.55. The van der Waals surface area contributed by atoms with Crippen molar-refractivity contribution >= 4 is 11.3 Å². The van der Waals surface area contributed by atoms with Gasteiger partial charge in [-0.1, -0.05) is 6.07 Å². The highest BCUT2D eigenvalue weighted by Gasteiger charge is 2.04. The van der Waals surface area contributed by atoms with Crippen molar-refractivity contribution in [2.45, 2.75) is 25.8 Å². The molecule has 0 fully saturated rings. The summed E-state index contributed by atoms with van der Waals surface area (Å²) < 4.78 is 0. The zero-order valence-corrected chi connectivity index (χ0v) is 11.5. The SMILES string of the molecule is N#CCCCCNCc1csc(-c2ccccn2)n1. The normalized spacial score (nSPS) is 10.3. The quantitative estimate of drug-likeness (QED) is 0.787. The van der Waals surface area contributed by atoms with Gasteiger partial charge < -0.3 is 5.32 Å². The van der Waals surface area contributed by atoms with Crippen LogP contribution in [0, 0.1) is 11.3 Å². The van der Waals surface area contributed by atoms with E-state index in [1.165, 1.54) is 0 Å². The van der Waals surface area contributed by atoms with Crippen molar-refractivity contribution < 1.29 is 0 Å². The molecule has 2 aromatic heterocycles. The van der Waals surface area contributed by atoms with Crippen molar-refractivity contribution in [1.29, 1.82) is 5.26 Å². The van der Waals surface area contributed by atoms with Gasteiger partial charge in [-0.3, -0.25) is 4.98 Å². The highest BCUT2D eigenvalue weighted by molar-refractivity contribution is 7.13. The van der Waals surface area contributed by atoms with E-state index in [1.54, 1.807) is 17.5 Å². The van der Waals surface area contributed by atoms with Crippen LogP contribution in [0.2, 0.25) is 0 Å². The first-order valence-corrected chi connectivity index (χ1v) is 7.21. The number of nitriles is 1. The van der Waals surface area contributed by atoms with Crippen molar-refractivity contribution in [3.63, 3.8) is 0 Å². The van der Waals surface area contributed by atoms with E-state index < -0.39 is 0 Å². The fourth-order valence-electron chi connectivity index (χ4n) is 1.67. The number of thiazole rings is 1. The van der Waals surface area contributed by atoms with Gasteiger partial charge in [-0.05, 0) is 31.5 Å². The third-order valence-electron chi connectivity index (χ3n) is 2.63. The molecule has 0 saturated heterocycles. The van der Waals surface area contributed by atoms with Crippen LogP contribution in [0.15, 0.2) is 29.8 Å². The molecule has 0 amide bonds. The fraction of sp³-hybridized carbons (Fsp3) is 0.357. The van der Waals surface area contributed by atoms with Gasteiger partial charge in [0.05, 0.1) is 17.5 Å². The van der Waals surface area contributed by atoms with Crippen LogP contribution >= 0.6 is 11.3 Å². The van der Waals surface area contributed by atoms with Gasteiger partial charge in [0.25, 0.3) is 0 Å². The van der Waals surface area contributed by atoms with Crippen molar-refractivity contribution in [2.75, 3.05) is 6.54 Å². The molecule has 2 rings (SSSR count). The van der Waals surface area contributed by atoms with Crippen molar-refractivity contribution in [1.82, 2.24) is 15.3 Å². The molecular formula is C14H16N4S. The first kappa shape index (κ1) is 13.7. The molecule has 98 valence electrons. The fourth-order valence-corrected chi connectivity index (χ4v) is 2.46. The molecule has 5 heteroatoms. The van der Waals surface area contributed by atoms with E-state index in [4.69, 9.17) is 5.26 Å². The monoisotopic (exact) mass is 272 g/mol. The van der Waals surface area contributed by atoms with Crippen LogP contribution in [-0.4, -0.2) is 16.5 Å². The maximum absolute atomic E-state index is 8.43. The lowest BCUT2D eigenvalue weighted by atomic mass is 10.2. The van der Waals surface area contributed by atoms with E-state index in [9.17, 15) is 0 Å². The highest BCUT2D eigenvalue weighted by atomic mass is 32.1. The molecule has 0 unspecified atom stereocenters. The first-order chi connectivity index (χ1) is 9.40. The molecular weight excluding hydrogens is 256 g/mol. The van der Waals surface area contributed by atoms with Crippen molar-refractivity contribution in [3.05, 3.63) is 35.5 Å². The minimum absolute atomic E-state index is 0.641. The van der Waals surface area contributed by atoms with Gasteiger partial charge in [0.15, 0.2) is 0 Å². The predicted molar refractivity (Wildman–Crippen MR) is 76.5 cm³/mol. The summed E-state index contributed by atoms with van der Waals surface area (Å²) in [7, 11) is 0. The summed E-state index contributed by atoms with van der Waals surface area (Å²) in [5.41, 5.74) is 1.97. The second-order valence-electron chi connectivity index (χ2n) is 4.15. The Morgan fingerprint density at radius 2 is 2.26 bits per heavy atom. The summed E-state index contributed by atoms with van der Waals surface area (Å²) in [6, 6.07) is 8.00. The lowest BCUT2D eigenvalue weighted by molar-refractivity contribution is 0.623. The molecule has 4 nitrogen and oxygen atoms in total. The Labute approximate surface area is 117 Å². The van der Waals surface area contributed by atoms with E-state index >= 15 is 0 Å². The number of unbranched alkanes of at least 4 members (excludes halogenated alkanes) is 2. The largest absolute Gasteiger partial charge is 0.311 e. The summed E-state index contributed by atoms with van der Waals surface area (Å²) >= 11 is 1.62. The maximum atomic E-state index is 8.43. The number of pyridine rings is 1. The average molecular weight is 272 g/mol. The van der Waals surface area contributed by atoms with Gasteiger partial charge >= 0.3 is 0 Å².